The molecule has 0 aromatic carbocycles. The summed E-state index contributed by atoms with van der Waals surface area (Å²) in [4.78, 5) is 12.4. The van der Waals surface area contributed by atoms with Crippen LogP contribution in [0.15, 0.2) is 0 Å². The Hall–Kier alpha value is 0.790. The summed E-state index contributed by atoms with van der Waals surface area (Å²) < 4.78 is 4.42. The summed E-state index contributed by atoms with van der Waals surface area (Å²) >= 11 is 24.3. The molecule has 20 heavy (non-hydrogen) atoms. The number of ether oxygens (including phenoxy) is 1. The number of Topliss-reactive ketones (excluding diaryl/α,β-unsaturated/α-hetero) is 1. The lowest BCUT2D eigenvalue weighted by molar-refractivity contribution is -0.143. The number of hydrogen-bond donors (Lipinski definition) is 0. The van der Waals surface area contributed by atoms with Gasteiger partial charge in [0.1, 0.15) is 0 Å². The van der Waals surface area contributed by atoms with E-state index in [1.165, 1.54) is 0 Å². The topological polar surface area (TPSA) is 26.3 Å². The third kappa shape index (κ3) is 3.41. The molecule has 2 heterocycles. The van der Waals surface area contributed by atoms with Crippen molar-refractivity contribution in [1.29, 1.82) is 0 Å². The van der Waals surface area contributed by atoms with Crippen LogP contribution in [0, 0.1) is 24.9 Å². The van der Waals surface area contributed by atoms with E-state index in [1.807, 2.05) is 0 Å². The van der Waals surface area contributed by atoms with Crippen molar-refractivity contribution in [1.82, 2.24) is 0 Å². The van der Waals surface area contributed by atoms with Crippen molar-refractivity contribution in [3.05, 3.63) is 13.0 Å². The summed E-state index contributed by atoms with van der Waals surface area (Å²) in [6, 6.07) is 0. The molecule has 4 atom stereocenters. The molecule has 114 valence electrons. The maximum absolute atomic E-state index is 12.4. The van der Waals surface area contributed by atoms with Crippen LogP contribution in [0.3, 0.4) is 0 Å². The van der Waals surface area contributed by atoms with Gasteiger partial charge in [-0.3, -0.25) is 4.79 Å². The van der Waals surface area contributed by atoms with Crippen LogP contribution in [-0.2, 0) is 9.53 Å². The number of hydrogen-bond acceptors (Lipinski definition) is 2. The maximum atomic E-state index is 12.4. The van der Waals surface area contributed by atoms with E-state index < -0.39 is 4.33 Å². The van der Waals surface area contributed by atoms with Gasteiger partial charge >= 0.3 is 0 Å². The largest absolute Gasteiger partial charge is 0.360 e. The maximum Gasteiger partial charge on any atom is 0.204 e. The highest BCUT2D eigenvalue weighted by Crippen LogP contribution is 2.49. The summed E-state index contributed by atoms with van der Waals surface area (Å²) in [5.74, 6) is 0.328. The fourth-order valence-corrected chi connectivity index (χ4v) is 4.02. The molecule has 0 N–H and O–H groups in total. The number of carbonyl (C=O) groups excluding carboxylic acids is 1. The second kappa shape index (κ2) is 6.91. The first-order valence-corrected chi connectivity index (χ1v) is 8.58. The number of ketones is 1. The highest BCUT2D eigenvalue weighted by Gasteiger charge is 2.52. The fourth-order valence-electron chi connectivity index (χ4n) is 3.07. The predicted molar refractivity (Wildman–Crippen MR) is 83.3 cm³/mol. The van der Waals surface area contributed by atoms with Gasteiger partial charge in [0.25, 0.3) is 0 Å². The van der Waals surface area contributed by atoms with Gasteiger partial charge in [0, 0.05) is 11.8 Å². The van der Waals surface area contributed by atoms with Crippen LogP contribution in [-0.4, -0.2) is 27.5 Å². The molecular formula is C14H18Cl4O2. The van der Waals surface area contributed by atoms with Crippen LogP contribution in [0.5, 0.6) is 0 Å². The summed E-state index contributed by atoms with van der Waals surface area (Å²) in [6.45, 7) is 3.69. The molecule has 0 amide bonds. The Labute approximate surface area is 140 Å². The van der Waals surface area contributed by atoms with E-state index in [9.17, 15) is 4.79 Å². The van der Waals surface area contributed by atoms with Crippen LogP contribution in [0.2, 0.25) is 0 Å². The summed E-state index contributed by atoms with van der Waals surface area (Å²) in [5, 5.41) is -0.127. The molecule has 6 heteroatoms. The van der Waals surface area contributed by atoms with Crippen molar-refractivity contribution in [2.45, 2.75) is 47.9 Å². The van der Waals surface area contributed by atoms with Gasteiger partial charge in [0.2, 0.25) is 5.78 Å². The second-order valence-corrected chi connectivity index (χ2v) is 7.85. The number of rotatable bonds is 6. The van der Waals surface area contributed by atoms with Crippen LogP contribution in [0.1, 0.15) is 32.1 Å². The minimum absolute atomic E-state index is 0.0518. The van der Waals surface area contributed by atoms with Crippen molar-refractivity contribution in [2.75, 3.05) is 5.88 Å². The second-order valence-electron chi connectivity index (χ2n) is 5.50. The minimum Gasteiger partial charge on any atom is -0.360 e. The molecule has 0 spiro atoms. The molecule has 3 rings (SSSR count). The first-order valence-electron chi connectivity index (χ1n) is 6.86. The molecule has 2 radical (unpaired) electrons. The van der Waals surface area contributed by atoms with Gasteiger partial charge in [0.15, 0.2) is 10.4 Å². The van der Waals surface area contributed by atoms with E-state index in [2.05, 4.69) is 6.92 Å². The van der Waals surface area contributed by atoms with E-state index >= 15 is 0 Å². The number of halogens is 4. The van der Waals surface area contributed by atoms with Gasteiger partial charge in [-0.1, -0.05) is 30.1 Å². The zero-order chi connectivity index (χ0) is 14.9. The molecular weight excluding hydrogens is 342 g/mol. The molecule has 2 saturated heterocycles. The zero-order valence-corrected chi connectivity index (χ0v) is 14.1. The Bertz CT molecular complexity index is 361. The van der Waals surface area contributed by atoms with Crippen molar-refractivity contribution < 1.29 is 9.53 Å². The minimum atomic E-state index is -1.43. The third-order valence-corrected chi connectivity index (χ3v) is 5.83. The molecule has 2 nitrogen and oxygen atoms in total. The Kier molecular flexibility index (Phi) is 5.93. The third-order valence-electron chi connectivity index (χ3n) is 4.14. The average Bonchev–Trinajstić information content (AvgIpc) is 2.45. The number of fused-ring (bicyclic) bond motifs is 3. The van der Waals surface area contributed by atoms with E-state index in [1.54, 1.807) is 0 Å². The summed E-state index contributed by atoms with van der Waals surface area (Å²) in [5.41, 5.74) is 0. The Morgan fingerprint density at radius 3 is 2.65 bits per heavy atom. The quantitative estimate of drug-likeness (QED) is 0.651. The Morgan fingerprint density at radius 1 is 1.45 bits per heavy atom. The molecule has 3 fully saturated rings. The molecule has 0 aromatic heterocycles. The zero-order valence-electron chi connectivity index (χ0n) is 11.1. The van der Waals surface area contributed by atoms with Crippen molar-refractivity contribution in [3.8, 4) is 0 Å². The average molecular weight is 360 g/mol. The van der Waals surface area contributed by atoms with Crippen LogP contribution in [0.4, 0.5) is 0 Å². The highest BCUT2D eigenvalue weighted by molar-refractivity contribution is 6.59. The molecule has 4 unspecified atom stereocenters. The lowest BCUT2D eigenvalue weighted by Gasteiger charge is -2.47. The van der Waals surface area contributed by atoms with Crippen molar-refractivity contribution >= 4 is 52.2 Å². The number of alkyl halides is 4. The van der Waals surface area contributed by atoms with Crippen LogP contribution < -0.4 is 0 Å². The normalized spacial score (nSPS) is 32.4. The van der Waals surface area contributed by atoms with E-state index in [0.29, 0.717) is 24.8 Å². The number of carbonyl (C=O) groups is 1. The smallest absolute Gasteiger partial charge is 0.204 e. The lowest BCUT2D eigenvalue weighted by Crippen LogP contribution is -2.50. The Balaban J connectivity index is 2.06. The monoisotopic (exact) mass is 358 g/mol. The van der Waals surface area contributed by atoms with Crippen LogP contribution in [0.25, 0.3) is 0 Å². The first-order chi connectivity index (χ1) is 9.40. The standard InChI is InChI=1S/C14H18Cl4O2/c1-2-5-14(17,18)13(19)12-8-3-4-11(20-12)9(6-8)10(16)7-15/h8-11H,1-7H2. The van der Waals surface area contributed by atoms with Crippen LogP contribution >= 0.6 is 46.4 Å². The molecule has 3 aliphatic rings. The van der Waals surface area contributed by atoms with E-state index in [-0.39, 0.29) is 29.1 Å². The van der Waals surface area contributed by atoms with E-state index in [0.717, 1.165) is 19.3 Å². The SMILES string of the molecule is [CH2]CCC(Cl)(Cl)C(=O)[C]1OC2CCC1CC2C(Cl)CCl. The highest BCUT2D eigenvalue weighted by atomic mass is 35.5. The fraction of sp³-hybridized carbons (Fsp3) is 0.786. The molecule has 1 saturated carbocycles. The van der Waals surface area contributed by atoms with E-state index in [4.69, 9.17) is 51.1 Å². The van der Waals surface area contributed by atoms with Gasteiger partial charge in [-0.05, 0) is 38.0 Å². The lowest BCUT2D eigenvalue weighted by atomic mass is 9.71. The molecule has 0 aromatic rings. The van der Waals surface area contributed by atoms with Gasteiger partial charge in [-0.25, -0.2) is 0 Å². The molecule has 2 bridgehead atoms. The summed E-state index contributed by atoms with van der Waals surface area (Å²) in [6.07, 6.45) is 3.84. The predicted octanol–water partition coefficient (Wildman–Crippen LogP) is 4.54. The Morgan fingerprint density at radius 2 is 2.15 bits per heavy atom. The van der Waals surface area contributed by atoms with Gasteiger partial charge in [-0.2, -0.15) is 0 Å². The first kappa shape index (κ1) is 17.1. The molecule has 2 aliphatic heterocycles. The molecule has 1 aliphatic carbocycles. The van der Waals surface area contributed by atoms with Crippen molar-refractivity contribution in [3.63, 3.8) is 0 Å². The summed E-state index contributed by atoms with van der Waals surface area (Å²) in [7, 11) is 0. The van der Waals surface area contributed by atoms with Crippen molar-refractivity contribution in [2.24, 2.45) is 11.8 Å². The van der Waals surface area contributed by atoms with Gasteiger partial charge < -0.3 is 4.74 Å². The van der Waals surface area contributed by atoms with Gasteiger partial charge in [-0.15, -0.1) is 23.2 Å². The van der Waals surface area contributed by atoms with Gasteiger partial charge in [0.05, 0.1) is 11.5 Å².